The van der Waals surface area contributed by atoms with Gasteiger partial charge in [0.1, 0.15) is 11.8 Å². The van der Waals surface area contributed by atoms with E-state index < -0.39 is 0 Å². The Labute approximate surface area is 118 Å². The molecule has 0 amide bonds. The smallest absolute Gasteiger partial charge is 0.119 e. The topological polar surface area (TPSA) is 48.3 Å². The minimum absolute atomic E-state index is 0.00992. The fraction of sp³-hybridized carbons (Fsp3) is 0.500. The summed E-state index contributed by atoms with van der Waals surface area (Å²) in [6, 6.07) is 9.69. The van der Waals surface area contributed by atoms with Crippen molar-refractivity contribution < 1.29 is 4.74 Å². The first-order valence-electron chi connectivity index (χ1n) is 6.52. The molecule has 1 aliphatic rings. The van der Waals surface area contributed by atoms with Crippen molar-refractivity contribution in [2.75, 3.05) is 32.8 Å². The molecule has 0 radical (unpaired) electrons. The summed E-state index contributed by atoms with van der Waals surface area (Å²) in [7, 11) is 0. The van der Waals surface area contributed by atoms with E-state index in [0.29, 0.717) is 11.6 Å². The zero-order valence-corrected chi connectivity index (χ0v) is 11.6. The van der Waals surface area contributed by atoms with Crippen LogP contribution in [0, 0.1) is 11.3 Å². The molecule has 1 aromatic rings. The van der Waals surface area contributed by atoms with Gasteiger partial charge in [0.25, 0.3) is 0 Å². The molecule has 2 rings (SSSR count). The molecule has 0 bridgehead atoms. The molecule has 1 unspecified atom stereocenters. The van der Waals surface area contributed by atoms with Gasteiger partial charge >= 0.3 is 0 Å². The quantitative estimate of drug-likeness (QED) is 0.837. The maximum atomic E-state index is 9.05. The van der Waals surface area contributed by atoms with Crippen molar-refractivity contribution in [1.82, 2.24) is 10.2 Å². The molecule has 1 fully saturated rings. The van der Waals surface area contributed by atoms with Crippen LogP contribution in [0.5, 0.6) is 5.75 Å². The predicted octanol–water partition coefficient (Wildman–Crippen LogP) is 1.91. The Hall–Kier alpha value is -1.28. The number of hydrogen-bond acceptors (Lipinski definition) is 4. The Balaban J connectivity index is 1.68. The fourth-order valence-electron chi connectivity index (χ4n) is 2.13. The summed E-state index contributed by atoms with van der Waals surface area (Å²) in [5, 5.41) is 13.0. The normalized spacial score (nSPS) is 19.9. The van der Waals surface area contributed by atoms with Crippen LogP contribution in [0.2, 0.25) is 5.02 Å². The molecule has 0 saturated carbocycles. The molecular weight excluding hydrogens is 262 g/mol. The molecule has 1 atom stereocenters. The van der Waals surface area contributed by atoms with Crippen LogP contribution in [0.3, 0.4) is 0 Å². The number of nitrogens with zero attached hydrogens (tertiary/aromatic N) is 2. The second kappa shape index (κ2) is 7.34. The number of hydrogen-bond donors (Lipinski definition) is 1. The van der Waals surface area contributed by atoms with Gasteiger partial charge in [-0.05, 0) is 30.7 Å². The average molecular weight is 280 g/mol. The summed E-state index contributed by atoms with van der Waals surface area (Å²) < 4.78 is 5.64. The van der Waals surface area contributed by atoms with Crippen LogP contribution in [0.1, 0.15) is 6.42 Å². The number of nitrogens with one attached hydrogen (secondary N) is 1. The van der Waals surface area contributed by atoms with Crippen molar-refractivity contribution in [3.8, 4) is 11.8 Å². The maximum absolute atomic E-state index is 9.05. The van der Waals surface area contributed by atoms with Gasteiger partial charge in [-0.1, -0.05) is 11.6 Å². The molecule has 1 N–H and O–H groups in total. The summed E-state index contributed by atoms with van der Waals surface area (Å²) >= 11 is 5.81. The standard InChI is InChI=1S/C14H18ClN3O/c15-12-2-4-14(5-3-12)19-9-1-7-18-8-6-17-11-13(18)10-16/h2-5,13,17H,1,6-9,11H2. The van der Waals surface area contributed by atoms with E-state index in [1.54, 1.807) is 0 Å². The third-order valence-corrected chi connectivity index (χ3v) is 3.43. The zero-order valence-electron chi connectivity index (χ0n) is 10.8. The monoisotopic (exact) mass is 279 g/mol. The number of benzene rings is 1. The Morgan fingerprint density at radius 2 is 2.21 bits per heavy atom. The molecule has 102 valence electrons. The summed E-state index contributed by atoms with van der Waals surface area (Å²) in [6.45, 7) is 4.20. The summed E-state index contributed by atoms with van der Waals surface area (Å²) in [4.78, 5) is 2.21. The summed E-state index contributed by atoms with van der Waals surface area (Å²) in [5.41, 5.74) is 0. The highest BCUT2D eigenvalue weighted by Gasteiger charge is 2.20. The molecule has 19 heavy (non-hydrogen) atoms. The molecular formula is C14H18ClN3O. The van der Waals surface area contributed by atoms with Crippen LogP contribution >= 0.6 is 11.6 Å². The fourth-order valence-corrected chi connectivity index (χ4v) is 2.26. The van der Waals surface area contributed by atoms with E-state index in [2.05, 4.69) is 16.3 Å². The molecule has 0 spiro atoms. The van der Waals surface area contributed by atoms with E-state index in [0.717, 1.165) is 38.3 Å². The highest BCUT2D eigenvalue weighted by molar-refractivity contribution is 6.30. The van der Waals surface area contributed by atoms with E-state index in [9.17, 15) is 0 Å². The highest BCUT2D eigenvalue weighted by Crippen LogP contribution is 2.15. The summed E-state index contributed by atoms with van der Waals surface area (Å²) in [6.07, 6.45) is 0.917. The highest BCUT2D eigenvalue weighted by atomic mass is 35.5. The zero-order chi connectivity index (χ0) is 13.5. The van der Waals surface area contributed by atoms with Crippen molar-refractivity contribution in [2.45, 2.75) is 12.5 Å². The van der Waals surface area contributed by atoms with Gasteiger partial charge in [-0.2, -0.15) is 5.26 Å². The predicted molar refractivity (Wildman–Crippen MR) is 75.4 cm³/mol. The first-order valence-corrected chi connectivity index (χ1v) is 6.90. The third kappa shape index (κ3) is 4.39. The van der Waals surface area contributed by atoms with E-state index in [1.807, 2.05) is 24.3 Å². The van der Waals surface area contributed by atoms with E-state index in [1.165, 1.54) is 0 Å². The Kier molecular flexibility index (Phi) is 5.46. The minimum atomic E-state index is -0.00992. The van der Waals surface area contributed by atoms with E-state index in [4.69, 9.17) is 21.6 Å². The Morgan fingerprint density at radius 3 is 2.95 bits per heavy atom. The first kappa shape index (κ1) is 14.1. The number of nitriles is 1. The van der Waals surface area contributed by atoms with Gasteiger partial charge < -0.3 is 10.1 Å². The van der Waals surface area contributed by atoms with Gasteiger partial charge in [-0.25, -0.2) is 0 Å². The van der Waals surface area contributed by atoms with Crippen molar-refractivity contribution in [2.24, 2.45) is 0 Å². The lowest BCUT2D eigenvalue weighted by Crippen LogP contribution is -2.50. The lowest BCUT2D eigenvalue weighted by molar-refractivity contribution is 0.180. The molecule has 1 aliphatic heterocycles. The van der Waals surface area contributed by atoms with E-state index in [-0.39, 0.29) is 6.04 Å². The average Bonchev–Trinajstić information content (AvgIpc) is 2.46. The van der Waals surface area contributed by atoms with E-state index >= 15 is 0 Å². The lowest BCUT2D eigenvalue weighted by Gasteiger charge is -2.31. The van der Waals surface area contributed by atoms with Gasteiger partial charge in [0.2, 0.25) is 0 Å². The second-order valence-corrected chi connectivity index (χ2v) is 4.98. The SMILES string of the molecule is N#CC1CNCCN1CCCOc1ccc(Cl)cc1. The van der Waals surface area contributed by atoms with Gasteiger partial charge in [-0.3, -0.25) is 4.90 Å². The number of piperazine rings is 1. The molecule has 0 aliphatic carbocycles. The van der Waals surface area contributed by atoms with Crippen molar-refractivity contribution in [3.63, 3.8) is 0 Å². The largest absolute Gasteiger partial charge is 0.494 e. The minimum Gasteiger partial charge on any atom is -0.494 e. The van der Waals surface area contributed by atoms with Gasteiger partial charge in [0.15, 0.2) is 0 Å². The van der Waals surface area contributed by atoms with Crippen LogP contribution < -0.4 is 10.1 Å². The van der Waals surface area contributed by atoms with Crippen molar-refractivity contribution >= 4 is 11.6 Å². The van der Waals surface area contributed by atoms with Gasteiger partial charge in [0.05, 0.1) is 12.7 Å². The van der Waals surface area contributed by atoms with Crippen molar-refractivity contribution in [1.29, 1.82) is 5.26 Å². The van der Waals surface area contributed by atoms with Crippen LogP contribution in [0.4, 0.5) is 0 Å². The molecule has 5 heteroatoms. The number of rotatable bonds is 5. The van der Waals surface area contributed by atoms with Crippen LogP contribution in [0.25, 0.3) is 0 Å². The van der Waals surface area contributed by atoms with Crippen LogP contribution in [0.15, 0.2) is 24.3 Å². The second-order valence-electron chi connectivity index (χ2n) is 4.54. The van der Waals surface area contributed by atoms with Crippen LogP contribution in [-0.2, 0) is 0 Å². The molecule has 1 heterocycles. The number of halogens is 1. The molecule has 1 saturated heterocycles. The third-order valence-electron chi connectivity index (χ3n) is 3.18. The molecule has 4 nitrogen and oxygen atoms in total. The first-order chi connectivity index (χ1) is 9.29. The Bertz CT molecular complexity index is 429. The van der Waals surface area contributed by atoms with Crippen molar-refractivity contribution in [3.05, 3.63) is 29.3 Å². The maximum Gasteiger partial charge on any atom is 0.119 e. The lowest BCUT2D eigenvalue weighted by atomic mass is 10.2. The summed E-state index contributed by atoms with van der Waals surface area (Å²) in [5.74, 6) is 0.835. The van der Waals surface area contributed by atoms with Gasteiger partial charge in [-0.15, -0.1) is 0 Å². The van der Waals surface area contributed by atoms with Gasteiger partial charge in [0, 0.05) is 31.2 Å². The molecule has 0 aromatic heterocycles. The van der Waals surface area contributed by atoms with Crippen LogP contribution in [-0.4, -0.2) is 43.7 Å². The number of ether oxygens (including phenoxy) is 1. The molecule has 1 aromatic carbocycles. The Morgan fingerprint density at radius 1 is 1.42 bits per heavy atom.